The third-order valence-corrected chi connectivity index (χ3v) is 4.29. The lowest BCUT2D eigenvalue weighted by Gasteiger charge is -2.21. The molecule has 5 heteroatoms. The third kappa shape index (κ3) is 3.80. The van der Waals surface area contributed by atoms with Gasteiger partial charge in [0, 0.05) is 12.1 Å². The van der Waals surface area contributed by atoms with Crippen molar-refractivity contribution in [3.8, 4) is 0 Å². The first-order valence-electron chi connectivity index (χ1n) is 6.05. The monoisotopic (exact) mass is 270 g/mol. The summed E-state index contributed by atoms with van der Waals surface area (Å²) in [5.41, 5.74) is 7.13. The maximum absolute atomic E-state index is 12.2. The fourth-order valence-corrected chi connectivity index (χ4v) is 3.24. The lowest BCUT2D eigenvalue weighted by molar-refractivity contribution is 0.491. The molecule has 0 aliphatic rings. The average Bonchev–Trinajstić information content (AvgIpc) is 2.24. The topological polar surface area (TPSA) is 72.2 Å². The van der Waals surface area contributed by atoms with Gasteiger partial charge in [-0.25, -0.2) is 13.1 Å². The first-order chi connectivity index (χ1) is 8.19. The van der Waals surface area contributed by atoms with Crippen LogP contribution in [0.25, 0.3) is 0 Å². The van der Waals surface area contributed by atoms with Gasteiger partial charge in [0.25, 0.3) is 0 Å². The van der Waals surface area contributed by atoms with Crippen LogP contribution < -0.4 is 10.5 Å². The first-order valence-corrected chi connectivity index (χ1v) is 7.54. The Morgan fingerprint density at radius 2 is 1.83 bits per heavy atom. The Kier molecular flexibility index (Phi) is 4.53. The zero-order valence-corrected chi connectivity index (χ0v) is 12.3. The minimum atomic E-state index is -3.48. The summed E-state index contributed by atoms with van der Waals surface area (Å²) in [7, 11) is -3.48. The predicted octanol–water partition coefficient (Wildman–Crippen LogP) is 1.78. The van der Waals surface area contributed by atoms with E-state index < -0.39 is 15.6 Å². The summed E-state index contributed by atoms with van der Waals surface area (Å²) < 4.78 is 27.0. The minimum absolute atomic E-state index is 0.273. The first kappa shape index (κ1) is 15.1. The van der Waals surface area contributed by atoms with Gasteiger partial charge in [-0.05, 0) is 50.5 Å². The van der Waals surface area contributed by atoms with Crippen molar-refractivity contribution >= 4 is 10.0 Å². The molecule has 0 aliphatic carbocycles. The van der Waals surface area contributed by atoms with Crippen LogP contribution in [-0.2, 0) is 23.0 Å². The van der Waals surface area contributed by atoms with E-state index in [1.54, 1.807) is 12.1 Å². The molecule has 1 aromatic carbocycles. The average molecular weight is 270 g/mol. The van der Waals surface area contributed by atoms with Crippen LogP contribution in [-0.4, -0.2) is 14.0 Å². The largest absolute Gasteiger partial charge is 0.326 e. The van der Waals surface area contributed by atoms with Crippen molar-refractivity contribution in [2.75, 3.05) is 0 Å². The van der Waals surface area contributed by atoms with Crippen molar-refractivity contribution in [3.63, 3.8) is 0 Å². The van der Waals surface area contributed by atoms with Gasteiger partial charge in [-0.1, -0.05) is 13.0 Å². The number of hydrogen-bond donors (Lipinski definition) is 2. The van der Waals surface area contributed by atoms with E-state index in [4.69, 9.17) is 5.73 Å². The Morgan fingerprint density at radius 3 is 2.28 bits per heavy atom. The Hall–Kier alpha value is -0.910. The van der Waals surface area contributed by atoms with E-state index in [9.17, 15) is 8.42 Å². The van der Waals surface area contributed by atoms with E-state index in [0.29, 0.717) is 6.54 Å². The predicted molar refractivity (Wildman–Crippen MR) is 73.8 cm³/mol. The molecule has 0 unspecified atom stereocenters. The highest BCUT2D eigenvalue weighted by molar-refractivity contribution is 7.89. The molecule has 3 N–H and O–H groups in total. The molecule has 102 valence electrons. The fraction of sp³-hybridized carbons (Fsp3) is 0.538. The Morgan fingerprint density at radius 1 is 1.22 bits per heavy atom. The molecule has 0 fully saturated rings. The van der Waals surface area contributed by atoms with E-state index in [1.807, 2.05) is 33.8 Å². The van der Waals surface area contributed by atoms with Gasteiger partial charge in [0.2, 0.25) is 10.0 Å². The zero-order valence-electron chi connectivity index (χ0n) is 11.4. The molecule has 0 atom stereocenters. The summed E-state index contributed by atoms with van der Waals surface area (Å²) in [6.07, 6.45) is 0.847. The molecule has 0 aromatic heterocycles. The summed E-state index contributed by atoms with van der Waals surface area (Å²) >= 11 is 0. The van der Waals surface area contributed by atoms with Gasteiger partial charge < -0.3 is 5.73 Å². The molecular weight excluding hydrogens is 248 g/mol. The number of rotatable bonds is 4. The van der Waals surface area contributed by atoms with Crippen molar-refractivity contribution < 1.29 is 8.42 Å². The molecule has 1 aromatic rings. The van der Waals surface area contributed by atoms with Crippen molar-refractivity contribution in [2.24, 2.45) is 5.73 Å². The van der Waals surface area contributed by atoms with Crippen LogP contribution >= 0.6 is 0 Å². The highest BCUT2D eigenvalue weighted by Gasteiger charge is 2.22. The maximum Gasteiger partial charge on any atom is 0.241 e. The van der Waals surface area contributed by atoms with Crippen molar-refractivity contribution in [1.29, 1.82) is 0 Å². The van der Waals surface area contributed by atoms with Crippen LogP contribution in [0.15, 0.2) is 23.1 Å². The van der Waals surface area contributed by atoms with E-state index in [1.165, 1.54) is 0 Å². The summed E-state index contributed by atoms with van der Waals surface area (Å²) in [4.78, 5) is 0.273. The summed E-state index contributed by atoms with van der Waals surface area (Å²) in [5.74, 6) is 0. The van der Waals surface area contributed by atoms with Crippen LogP contribution in [0.2, 0.25) is 0 Å². The number of hydrogen-bond acceptors (Lipinski definition) is 3. The normalized spacial score (nSPS) is 12.7. The standard InChI is InChI=1S/C13H22N2O2S/c1-5-10-6-7-12(8-11(10)9-14)18(16,17)15-13(2,3)4/h6-8,15H,5,9,14H2,1-4H3. The van der Waals surface area contributed by atoms with Crippen molar-refractivity contribution in [1.82, 2.24) is 4.72 Å². The Balaban J connectivity index is 3.18. The summed E-state index contributed by atoms with van der Waals surface area (Å²) in [6, 6.07) is 5.12. The van der Waals surface area contributed by atoms with Gasteiger partial charge in [-0.2, -0.15) is 0 Å². The number of sulfonamides is 1. The summed E-state index contributed by atoms with van der Waals surface area (Å²) in [6.45, 7) is 7.82. The van der Waals surface area contributed by atoms with Crippen molar-refractivity contribution in [3.05, 3.63) is 29.3 Å². The molecule has 0 amide bonds. The molecule has 0 saturated heterocycles. The van der Waals surface area contributed by atoms with Gasteiger partial charge in [0.15, 0.2) is 0 Å². The van der Waals surface area contributed by atoms with Crippen LogP contribution in [0.3, 0.4) is 0 Å². The Labute approximate surface area is 110 Å². The van der Waals surface area contributed by atoms with Crippen LogP contribution in [0.4, 0.5) is 0 Å². The molecule has 4 nitrogen and oxygen atoms in total. The molecule has 18 heavy (non-hydrogen) atoms. The van der Waals surface area contributed by atoms with E-state index >= 15 is 0 Å². The number of nitrogens with one attached hydrogen (secondary N) is 1. The number of nitrogens with two attached hydrogens (primary N) is 1. The fourth-order valence-electron chi connectivity index (χ4n) is 1.77. The molecule has 0 heterocycles. The van der Waals surface area contributed by atoms with Crippen LogP contribution in [0.1, 0.15) is 38.8 Å². The molecule has 0 radical (unpaired) electrons. The second-order valence-electron chi connectivity index (χ2n) is 5.34. The van der Waals surface area contributed by atoms with E-state index in [0.717, 1.165) is 17.5 Å². The lowest BCUT2D eigenvalue weighted by atomic mass is 10.1. The van der Waals surface area contributed by atoms with Crippen LogP contribution in [0.5, 0.6) is 0 Å². The third-order valence-electron chi connectivity index (χ3n) is 2.53. The van der Waals surface area contributed by atoms with Gasteiger partial charge in [-0.15, -0.1) is 0 Å². The second kappa shape index (κ2) is 5.38. The van der Waals surface area contributed by atoms with E-state index in [-0.39, 0.29) is 4.90 Å². The van der Waals surface area contributed by atoms with Gasteiger partial charge in [0.05, 0.1) is 4.90 Å². The van der Waals surface area contributed by atoms with Crippen LogP contribution in [0, 0.1) is 0 Å². The second-order valence-corrected chi connectivity index (χ2v) is 7.03. The van der Waals surface area contributed by atoms with E-state index in [2.05, 4.69) is 4.72 Å². The van der Waals surface area contributed by atoms with Gasteiger partial charge >= 0.3 is 0 Å². The Bertz CT molecular complexity index is 516. The molecule has 0 saturated carbocycles. The number of aryl methyl sites for hydroxylation is 1. The molecule has 0 aliphatic heterocycles. The molecular formula is C13H22N2O2S. The van der Waals surface area contributed by atoms with Gasteiger partial charge in [-0.3, -0.25) is 0 Å². The smallest absolute Gasteiger partial charge is 0.241 e. The highest BCUT2D eigenvalue weighted by Crippen LogP contribution is 2.18. The van der Waals surface area contributed by atoms with Crippen molar-refractivity contribution in [2.45, 2.75) is 51.1 Å². The quantitative estimate of drug-likeness (QED) is 0.876. The van der Waals surface area contributed by atoms with Gasteiger partial charge in [0.1, 0.15) is 0 Å². The number of benzene rings is 1. The molecule has 0 bridgehead atoms. The lowest BCUT2D eigenvalue weighted by Crippen LogP contribution is -2.40. The zero-order chi connectivity index (χ0) is 14.0. The maximum atomic E-state index is 12.2. The molecule has 0 spiro atoms. The highest BCUT2D eigenvalue weighted by atomic mass is 32.2. The summed E-state index contributed by atoms with van der Waals surface area (Å²) in [5, 5.41) is 0. The SMILES string of the molecule is CCc1ccc(S(=O)(=O)NC(C)(C)C)cc1CN. The minimum Gasteiger partial charge on any atom is -0.326 e. The molecule has 1 rings (SSSR count).